The predicted octanol–water partition coefficient (Wildman–Crippen LogP) is 10.2. The molecular weight excluding hydrogens is 827 g/mol. The van der Waals surface area contributed by atoms with Gasteiger partial charge in [0.05, 0.1) is 53.4 Å². The minimum Gasteiger partial charge on any atom is -0.483 e. The van der Waals surface area contributed by atoms with E-state index in [9.17, 15) is 14.9 Å². The highest BCUT2D eigenvalue weighted by Gasteiger charge is 2.57. The summed E-state index contributed by atoms with van der Waals surface area (Å²) in [5.41, 5.74) is 2.38. The summed E-state index contributed by atoms with van der Waals surface area (Å²) in [6, 6.07) is 14.2. The van der Waals surface area contributed by atoms with E-state index in [4.69, 9.17) is 42.4 Å². The zero-order chi connectivity index (χ0) is 42.2. The molecule has 3 aliphatic heterocycles. The maximum Gasteiger partial charge on any atom is 0.410 e. The van der Waals surface area contributed by atoms with Crippen LogP contribution in [-0.2, 0) is 16.0 Å². The Balaban J connectivity index is 1.28. The number of methoxy groups -OCH3 is 1. The number of pyridine rings is 2. The summed E-state index contributed by atoms with van der Waals surface area (Å²) in [5, 5.41) is 12.2. The van der Waals surface area contributed by atoms with Crippen LogP contribution in [0.2, 0.25) is 10.0 Å². The molecule has 60 heavy (non-hydrogen) atoms. The normalized spacial score (nSPS) is 22.3. The average Bonchev–Trinajstić information content (AvgIpc) is 3.49. The molecule has 5 atom stereocenters. The first kappa shape index (κ1) is 40.6. The number of thioether (sulfide) groups is 1. The number of halogens is 3. The van der Waals surface area contributed by atoms with Gasteiger partial charge in [-0.15, -0.1) is 11.8 Å². The summed E-state index contributed by atoms with van der Waals surface area (Å²) >= 11 is 14.6. The summed E-state index contributed by atoms with van der Waals surface area (Å²) in [6.07, 6.45) is 6.12. The molecule has 312 valence electrons. The maximum atomic E-state index is 17.6. The SMILES string of the molecule is COc1ncccc1O[C@H]1C[C@H](c2cc3c(SC)nc4c(F)c(-c5cccc(Cl)c5Cl)c(CCC#N)cc4c3n2[C@H]2[C@@H]3C[C@H]2N(C(=O)OC(C)(C)C)C3)N(C(=O)C2CC2)C1. The van der Waals surface area contributed by atoms with Crippen LogP contribution in [0, 0.1) is 29.0 Å². The summed E-state index contributed by atoms with van der Waals surface area (Å²) in [6.45, 7) is 6.43. The number of rotatable bonds is 10. The van der Waals surface area contributed by atoms with Crippen molar-refractivity contribution in [2.24, 2.45) is 11.8 Å². The molecule has 0 spiro atoms. The molecule has 11 nitrogen and oxygen atoms in total. The molecule has 15 heteroatoms. The predicted molar refractivity (Wildman–Crippen MR) is 229 cm³/mol. The van der Waals surface area contributed by atoms with Crippen molar-refractivity contribution in [2.75, 3.05) is 26.5 Å². The number of carbonyl (C=O) groups is 2. The molecule has 6 heterocycles. The monoisotopic (exact) mass is 870 g/mol. The fraction of sp³-hybridized carbons (Fsp3) is 0.444. The Labute approximate surface area is 362 Å². The van der Waals surface area contributed by atoms with Crippen molar-refractivity contribution in [3.63, 3.8) is 0 Å². The first-order chi connectivity index (χ1) is 28.8. The van der Waals surface area contributed by atoms with E-state index in [0.29, 0.717) is 52.7 Å². The van der Waals surface area contributed by atoms with Crippen LogP contribution in [0.15, 0.2) is 53.7 Å². The summed E-state index contributed by atoms with van der Waals surface area (Å²) < 4.78 is 37.9. The van der Waals surface area contributed by atoms with Crippen LogP contribution in [0.25, 0.3) is 32.9 Å². The van der Waals surface area contributed by atoms with Gasteiger partial charge in [-0.1, -0.05) is 35.3 Å². The number of carbonyl (C=O) groups excluding carboxylic acids is 2. The van der Waals surface area contributed by atoms with E-state index in [1.54, 1.807) is 37.6 Å². The average molecular weight is 872 g/mol. The summed E-state index contributed by atoms with van der Waals surface area (Å²) in [7, 11) is 1.55. The maximum absolute atomic E-state index is 17.6. The Kier molecular flexibility index (Phi) is 10.6. The van der Waals surface area contributed by atoms with Crippen LogP contribution in [-0.4, -0.2) is 80.5 Å². The number of ether oxygens (including phenoxy) is 3. The molecule has 2 saturated carbocycles. The fourth-order valence-electron chi connectivity index (χ4n) is 9.51. The third-order valence-electron chi connectivity index (χ3n) is 12.2. The molecule has 5 fully saturated rings. The number of fused-ring (bicyclic) bond motifs is 4. The van der Waals surface area contributed by atoms with Crippen molar-refractivity contribution in [3.8, 4) is 28.8 Å². The number of aryl methyl sites for hydroxylation is 1. The van der Waals surface area contributed by atoms with E-state index in [0.717, 1.165) is 35.9 Å². The molecule has 5 aromatic rings. The Morgan fingerprint density at radius 1 is 1.07 bits per heavy atom. The van der Waals surface area contributed by atoms with E-state index >= 15 is 4.39 Å². The van der Waals surface area contributed by atoms with E-state index in [1.165, 1.54) is 11.8 Å². The number of nitriles is 1. The number of benzene rings is 2. The molecule has 2 aromatic carbocycles. The molecule has 10 rings (SSSR count). The van der Waals surface area contributed by atoms with Crippen molar-refractivity contribution in [1.29, 1.82) is 5.26 Å². The van der Waals surface area contributed by atoms with Gasteiger partial charge >= 0.3 is 6.09 Å². The van der Waals surface area contributed by atoms with Gasteiger partial charge in [0.15, 0.2) is 11.6 Å². The summed E-state index contributed by atoms with van der Waals surface area (Å²) in [5.74, 6) is 0.384. The van der Waals surface area contributed by atoms with E-state index in [2.05, 4.69) is 21.7 Å². The standard InChI is InChI=1S/C45H45Cl2FN6O5S/c1-45(2,3)59-44(56)53-21-25-18-33(53)39(25)54-32(31-19-26(22-52(31)43(55)23-13-14-23)58-34-12-8-16-50-41(34)57-4)20-29-40(54)28-17-24(9-7-15-49)35(27-10-6-11-30(46)36(27)47)37(48)38(28)51-42(29)60-5/h6,8,10-12,16-17,20,23,25-26,31,33,39H,7,9,13-14,18-19,21-22H2,1-5H3/t25-,26+,31-,33-,39+/m1/s1. The fourth-order valence-corrected chi connectivity index (χ4v) is 10.5. The zero-order valence-corrected chi connectivity index (χ0v) is 36.3. The third kappa shape index (κ3) is 6.98. The van der Waals surface area contributed by atoms with Crippen LogP contribution in [0.3, 0.4) is 0 Å². The largest absolute Gasteiger partial charge is 0.483 e. The third-order valence-corrected chi connectivity index (χ3v) is 13.7. The van der Waals surface area contributed by atoms with Gasteiger partial charge in [-0.25, -0.2) is 19.2 Å². The van der Waals surface area contributed by atoms with E-state index < -0.39 is 17.5 Å². The molecule has 3 aromatic heterocycles. The minimum absolute atomic E-state index is 0.0580. The number of hydrogen-bond acceptors (Lipinski definition) is 9. The van der Waals surface area contributed by atoms with E-state index in [1.807, 2.05) is 49.0 Å². The molecule has 2 amide bonds. The number of amides is 2. The van der Waals surface area contributed by atoms with Gasteiger partial charge in [-0.2, -0.15) is 5.26 Å². The number of nitrogens with zero attached hydrogens (tertiary/aromatic N) is 6. The molecule has 3 saturated heterocycles. The van der Waals surface area contributed by atoms with Gasteiger partial charge < -0.3 is 28.6 Å². The Bertz CT molecular complexity index is 2610. The lowest BCUT2D eigenvalue weighted by molar-refractivity contribution is -0.133. The second kappa shape index (κ2) is 15.6. The van der Waals surface area contributed by atoms with Gasteiger partial charge in [0.1, 0.15) is 22.2 Å². The van der Waals surface area contributed by atoms with E-state index in [-0.39, 0.29) is 76.0 Å². The second-order valence-electron chi connectivity index (χ2n) is 17.2. The van der Waals surface area contributed by atoms with Crippen molar-refractivity contribution in [3.05, 3.63) is 75.8 Å². The Morgan fingerprint density at radius 3 is 2.58 bits per heavy atom. The highest BCUT2D eigenvalue weighted by Crippen LogP contribution is 2.55. The molecule has 2 bridgehead atoms. The highest BCUT2D eigenvalue weighted by atomic mass is 35.5. The number of aromatic nitrogens is 3. The van der Waals surface area contributed by atoms with Crippen LogP contribution >= 0.6 is 35.0 Å². The quantitative estimate of drug-likeness (QED) is 0.126. The first-order valence-electron chi connectivity index (χ1n) is 20.3. The second-order valence-corrected chi connectivity index (χ2v) is 18.7. The molecule has 5 aliphatic rings. The molecule has 2 aliphatic carbocycles. The lowest BCUT2D eigenvalue weighted by Gasteiger charge is -2.40. The van der Waals surface area contributed by atoms with Crippen LogP contribution in [0.1, 0.15) is 76.2 Å². The van der Waals surface area contributed by atoms with Gasteiger partial charge in [0.25, 0.3) is 5.88 Å². The van der Waals surface area contributed by atoms with Gasteiger partial charge in [-0.3, -0.25) is 4.79 Å². The molecular formula is C45H45Cl2FN6O5S. The molecule has 0 N–H and O–H groups in total. The molecule has 0 unspecified atom stereocenters. The van der Waals surface area contributed by atoms with Crippen LogP contribution in [0.5, 0.6) is 11.6 Å². The Morgan fingerprint density at radius 2 is 1.87 bits per heavy atom. The smallest absolute Gasteiger partial charge is 0.410 e. The number of likely N-dealkylation sites (tertiary alicyclic amines) is 1. The lowest BCUT2D eigenvalue weighted by Crippen LogP contribution is -2.45. The van der Waals surface area contributed by atoms with Gasteiger partial charge in [-0.05, 0) is 88.6 Å². The molecule has 0 radical (unpaired) electrons. The lowest BCUT2D eigenvalue weighted by atomic mass is 9.79. The van der Waals surface area contributed by atoms with Crippen molar-refractivity contribution in [1.82, 2.24) is 24.3 Å². The first-order valence-corrected chi connectivity index (χ1v) is 22.3. The van der Waals surface area contributed by atoms with Crippen molar-refractivity contribution < 1.29 is 28.2 Å². The van der Waals surface area contributed by atoms with Crippen LogP contribution < -0.4 is 9.47 Å². The van der Waals surface area contributed by atoms with Gasteiger partial charge in [0.2, 0.25) is 5.91 Å². The van der Waals surface area contributed by atoms with Gasteiger partial charge in [0, 0.05) is 65.0 Å². The zero-order valence-electron chi connectivity index (χ0n) is 34.0. The Hall–Kier alpha value is -4.77. The topological polar surface area (TPSA) is 123 Å². The summed E-state index contributed by atoms with van der Waals surface area (Å²) in [4.78, 5) is 41.2. The van der Waals surface area contributed by atoms with Crippen molar-refractivity contribution >= 4 is 68.8 Å². The highest BCUT2D eigenvalue weighted by molar-refractivity contribution is 7.98. The number of hydrogen-bond donors (Lipinski definition) is 0. The van der Waals surface area contributed by atoms with Crippen molar-refractivity contribution in [2.45, 2.75) is 94.2 Å². The minimum atomic E-state index is -0.680. The van der Waals surface area contributed by atoms with Crippen LogP contribution in [0.4, 0.5) is 9.18 Å².